The maximum Gasteiger partial charge on any atom is 0.133 e. The van der Waals surface area contributed by atoms with Gasteiger partial charge in [0.2, 0.25) is 0 Å². The highest BCUT2D eigenvalue weighted by atomic mass is 35.5. The predicted octanol–water partition coefficient (Wildman–Crippen LogP) is 0.607. The van der Waals surface area contributed by atoms with Crippen molar-refractivity contribution in [1.29, 1.82) is 0 Å². The number of halogens is 1. The van der Waals surface area contributed by atoms with Gasteiger partial charge in [-0.05, 0) is 24.9 Å². The fourth-order valence-electron chi connectivity index (χ4n) is 1.93. The average Bonchev–Trinajstić information content (AvgIpc) is 2.22. The smallest absolute Gasteiger partial charge is 0.133 e. The zero-order chi connectivity index (χ0) is 6.27. The van der Waals surface area contributed by atoms with Crippen LogP contribution in [-0.2, 0) is 4.79 Å². The summed E-state index contributed by atoms with van der Waals surface area (Å²) in [5, 5.41) is 3.29. The van der Waals surface area contributed by atoms with Crippen LogP contribution in [0.4, 0.5) is 0 Å². The standard InChI is InChI=1S/C7H11NO.ClH/c9-7-1-5-3-8-4-6(5)2-7;/h5-6,8H,1-4H2;1H/t5-,6-;/m0./s1. The van der Waals surface area contributed by atoms with E-state index in [0.717, 1.165) is 25.9 Å². The molecule has 0 unspecified atom stereocenters. The summed E-state index contributed by atoms with van der Waals surface area (Å²) in [7, 11) is 0. The minimum absolute atomic E-state index is 0. The third kappa shape index (κ3) is 1.18. The number of rotatable bonds is 0. The lowest BCUT2D eigenvalue weighted by Gasteiger charge is -2.01. The van der Waals surface area contributed by atoms with Crippen LogP contribution in [-0.4, -0.2) is 18.9 Å². The van der Waals surface area contributed by atoms with Gasteiger partial charge in [-0.3, -0.25) is 4.79 Å². The van der Waals surface area contributed by atoms with Gasteiger partial charge in [-0.25, -0.2) is 0 Å². The van der Waals surface area contributed by atoms with Crippen LogP contribution in [0, 0.1) is 11.8 Å². The lowest BCUT2D eigenvalue weighted by Crippen LogP contribution is -2.11. The van der Waals surface area contributed by atoms with Crippen LogP contribution in [0.1, 0.15) is 12.8 Å². The normalized spacial score (nSPS) is 37.4. The topological polar surface area (TPSA) is 29.1 Å². The quantitative estimate of drug-likeness (QED) is 0.564. The molecule has 2 fully saturated rings. The van der Waals surface area contributed by atoms with Gasteiger partial charge in [-0.2, -0.15) is 0 Å². The average molecular weight is 162 g/mol. The molecule has 0 amide bonds. The lowest BCUT2D eigenvalue weighted by molar-refractivity contribution is -0.117. The van der Waals surface area contributed by atoms with E-state index in [1.807, 2.05) is 0 Å². The van der Waals surface area contributed by atoms with E-state index >= 15 is 0 Å². The highest BCUT2D eigenvalue weighted by molar-refractivity contribution is 5.85. The Morgan fingerprint density at radius 2 is 1.70 bits per heavy atom. The molecular weight excluding hydrogens is 150 g/mol. The zero-order valence-electron chi connectivity index (χ0n) is 5.80. The molecule has 1 heterocycles. The number of ketones is 1. The van der Waals surface area contributed by atoms with Crippen LogP contribution in [0.15, 0.2) is 0 Å². The van der Waals surface area contributed by atoms with Crippen molar-refractivity contribution in [1.82, 2.24) is 5.32 Å². The molecule has 10 heavy (non-hydrogen) atoms. The second-order valence-electron chi connectivity index (χ2n) is 3.13. The SMILES string of the molecule is Cl.O=C1C[C@H]2CNC[C@@H]2C1. The molecule has 3 heteroatoms. The second-order valence-corrected chi connectivity index (χ2v) is 3.13. The maximum absolute atomic E-state index is 10.8. The van der Waals surface area contributed by atoms with Gasteiger partial charge < -0.3 is 5.32 Å². The third-order valence-electron chi connectivity index (χ3n) is 2.46. The highest BCUT2D eigenvalue weighted by Gasteiger charge is 2.35. The van der Waals surface area contributed by atoms with E-state index in [0.29, 0.717) is 17.6 Å². The molecule has 0 aromatic carbocycles. The van der Waals surface area contributed by atoms with E-state index in [2.05, 4.69) is 5.32 Å². The largest absolute Gasteiger partial charge is 0.316 e. The van der Waals surface area contributed by atoms with Gasteiger partial charge in [-0.1, -0.05) is 0 Å². The molecule has 2 aliphatic rings. The molecule has 2 atom stereocenters. The monoisotopic (exact) mass is 161 g/mol. The Bertz CT molecular complexity index is 135. The molecule has 58 valence electrons. The number of hydrogen-bond donors (Lipinski definition) is 1. The van der Waals surface area contributed by atoms with Crippen molar-refractivity contribution >= 4 is 18.2 Å². The molecule has 0 aromatic heterocycles. The van der Waals surface area contributed by atoms with Gasteiger partial charge >= 0.3 is 0 Å². The molecular formula is C7H12ClNO. The molecule has 0 aromatic rings. The van der Waals surface area contributed by atoms with Gasteiger partial charge in [0.15, 0.2) is 0 Å². The molecule has 1 saturated carbocycles. The summed E-state index contributed by atoms with van der Waals surface area (Å²) >= 11 is 0. The van der Waals surface area contributed by atoms with Gasteiger partial charge in [-0.15, -0.1) is 12.4 Å². The summed E-state index contributed by atoms with van der Waals surface area (Å²) in [6, 6.07) is 0. The first kappa shape index (κ1) is 8.02. The van der Waals surface area contributed by atoms with Crippen LogP contribution in [0.2, 0.25) is 0 Å². The first-order valence-corrected chi connectivity index (χ1v) is 3.58. The van der Waals surface area contributed by atoms with Crippen molar-refractivity contribution in [2.45, 2.75) is 12.8 Å². The summed E-state index contributed by atoms with van der Waals surface area (Å²) in [5.74, 6) is 1.86. The van der Waals surface area contributed by atoms with Crippen molar-refractivity contribution in [3.8, 4) is 0 Å². The maximum atomic E-state index is 10.8. The Morgan fingerprint density at radius 3 is 2.20 bits per heavy atom. The van der Waals surface area contributed by atoms with Crippen LogP contribution < -0.4 is 5.32 Å². The van der Waals surface area contributed by atoms with Gasteiger partial charge in [0.05, 0.1) is 0 Å². The molecule has 1 aliphatic heterocycles. The van der Waals surface area contributed by atoms with Gasteiger partial charge in [0.25, 0.3) is 0 Å². The number of hydrogen-bond acceptors (Lipinski definition) is 2. The van der Waals surface area contributed by atoms with E-state index in [4.69, 9.17) is 0 Å². The van der Waals surface area contributed by atoms with Crippen molar-refractivity contribution in [2.24, 2.45) is 11.8 Å². The summed E-state index contributed by atoms with van der Waals surface area (Å²) in [6.07, 6.45) is 1.69. The minimum Gasteiger partial charge on any atom is -0.316 e. The van der Waals surface area contributed by atoms with E-state index in [1.165, 1.54) is 0 Å². The molecule has 1 aliphatic carbocycles. The predicted molar refractivity (Wildman–Crippen MR) is 41.3 cm³/mol. The number of carbonyl (C=O) groups excluding carboxylic acids is 1. The summed E-state index contributed by atoms with van der Waals surface area (Å²) in [5.41, 5.74) is 0. The lowest BCUT2D eigenvalue weighted by atomic mass is 10.0. The van der Waals surface area contributed by atoms with Gasteiger partial charge in [0.1, 0.15) is 5.78 Å². The van der Waals surface area contributed by atoms with Gasteiger partial charge in [0, 0.05) is 12.8 Å². The molecule has 1 N–H and O–H groups in total. The van der Waals surface area contributed by atoms with Crippen molar-refractivity contribution in [3.05, 3.63) is 0 Å². The summed E-state index contributed by atoms with van der Waals surface area (Å²) in [6.45, 7) is 2.16. The van der Waals surface area contributed by atoms with Crippen LogP contribution in [0.3, 0.4) is 0 Å². The van der Waals surface area contributed by atoms with Crippen molar-refractivity contribution < 1.29 is 4.79 Å². The molecule has 1 saturated heterocycles. The molecule has 2 nitrogen and oxygen atoms in total. The first-order valence-electron chi connectivity index (χ1n) is 3.58. The van der Waals surface area contributed by atoms with Crippen molar-refractivity contribution in [3.63, 3.8) is 0 Å². The fourth-order valence-corrected chi connectivity index (χ4v) is 1.93. The second kappa shape index (κ2) is 2.89. The Balaban J connectivity index is 0.000000500. The first-order chi connectivity index (χ1) is 4.36. The highest BCUT2D eigenvalue weighted by Crippen LogP contribution is 2.31. The number of fused-ring (bicyclic) bond motifs is 1. The Kier molecular flexibility index (Phi) is 2.32. The number of Topliss-reactive ketones (excluding diaryl/α,β-unsaturated/α-hetero) is 1. The Labute approximate surface area is 66.8 Å². The zero-order valence-corrected chi connectivity index (χ0v) is 6.62. The third-order valence-corrected chi connectivity index (χ3v) is 2.46. The fraction of sp³-hybridized carbons (Fsp3) is 0.857. The molecule has 2 rings (SSSR count). The van der Waals surface area contributed by atoms with E-state index in [9.17, 15) is 4.79 Å². The van der Waals surface area contributed by atoms with E-state index in [1.54, 1.807) is 0 Å². The summed E-state index contributed by atoms with van der Waals surface area (Å²) < 4.78 is 0. The van der Waals surface area contributed by atoms with Crippen LogP contribution >= 0.6 is 12.4 Å². The minimum atomic E-state index is 0. The number of carbonyl (C=O) groups is 1. The molecule has 0 bridgehead atoms. The molecule has 0 radical (unpaired) electrons. The molecule has 0 spiro atoms. The van der Waals surface area contributed by atoms with Crippen molar-refractivity contribution in [2.75, 3.05) is 13.1 Å². The van der Waals surface area contributed by atoms with E-state index in [-0.39, 0.29) is 12.4 Å². The van der Waals surface area contributed by atoms with Crippen LogP contribution in [0.25, 0.3) is 0 Å². The van der Waals surface area contributed by atoms with Crippen LogP contribution in [0.5, 0.6) is 0 Å². The summed E-state index contributed by atoms with van der Waals surface area (Å²) in [4.78, 5) is 10.8. The Morgan fingerprint density at radius 1 is 1.20 bits per heavy atom. The Hall–Kier alpha value is -0.0800. The number of nitrogens with one attached hydrogen (secondary N) is 1. The van der Waals surface area contributed by atoms with E-state index < -0.39 is 0 Å².